The monoisotopic (exact) mass is 432 g/mol. The van der Waals surface area contributed by atoms with Crippen LogP contribution in [-0.2, 0) is 17.9 Å². The van der Waals surface area contributed by atoms with Crippen LogP contribution in [0.4, 0.5) is 0 Å². The third-order valence-electron chi connectivity index (χ3n) is 5.89. The minimum atomic E-state index is -0.361. The lowest BCUT2D eigenvalue weighted by Crippen LogP contribution is -2.08. The number of benzene rings is 3. The first-order chi connectivity index (χ1) is 14.8. The van der Waals surface area contributed by atoms with Crippen LogP contribution >= 0.6 is 11.6 Å². The molecule has 3 aromatic carbocycles. The summed E-state index contributed by atoms with van der Waals surface area (Å²) in [6.45, 7) is 9.06. The average Bonchev–Trinajstić information content (AvgIpc) is 3.05. The highest BCUT2D eigenvalue weighted by molar-refractivity contribution is 6.34. The van der Waals surface area contributed by atoms with Crippen LogP contribution in [0.3, 0.4) is 0 Å². The van der Waals surface area contributed by atoms with E-state index in [2.05, 4.69) is 31.1 Å². The van der Waals surface area contributed by atoms with Gasteiger partial charge < -0.3 is 4.74 Å². The molecule has 0 atom stereocenters. The number of carbonyl (C=O) groups is 1. The Morgan fingerprint density at radius 1 is 0.903 bits per heavy atom. The molecule has 31 heavy (non-hydrogen) atoms. The van der Waals surface area contributed by atoms with Crippen LogP contribution in [0, 0.1) is 27.7 Å². The molecule has 0 fully saturated rings. The smallest absolute Gasteiger partial charge is 0.338 e. The van der Waals surface area contributed by atoms with E-state index in [1.807, 2.05) is 54.9 Å². The highest BCUT2D eigenvalue weighted by Crippen LogP contribution is 2.26. The molecule has 5 heteroatoms. The van der Waals surface area contributed by atoms with Crippen LogP contribution in [-0.4, -0.2) is 15.7 Å². The van der Waals surface area contributed by atoms with E-state index in [0.717, 1.165) is 27.6 Å². The molecule has 0 radical (unpaired) electrons. The van der Waals surface area contributed by atoms with Crippen molar-refractivity contribution in [3.8, 4) is 0 Å². The molecule has 4 rings (SSSR count). The van der Waals surface area contributed by atoms with E-state index in [0.29, 0.717) is 17.3 Å². The molecular weight excluding hydrogens is 408 g/mol. The lowest BCUT2D eigenvalue weighted by molar-refractivity contribution is 0.0471. The number of ether oxygens (including phenoxy) is 1. The highest BCUT2D eigenvalue weighted by atomic mass is 35.5. The first-order valence-electron chi connectivity index (χ1n) is 10.3. The Labute approximate surface area is 187 Å². The molecule has 0 aliphatic heterocycles. The second-order valence-electron chi connectivity index (χ2n) is 8.00. The van der Waals surface area contributed by atoms with Gasteiger partial charge in [-0.05, 0) is 79.3 Å². The zero-order chi connectivity index (χ0) is 22.1. The molecular formula is C26H25ClN2O2. The second-order valence-corrected chi connectivity index (χ2v) is 8.36. The number of esters is 1. The summed E-state index contributed by atoms with van der Waals surface area (Å²) in [5.74, 6) is -0.361. The van der Waals surface area contributed by atoms with Gasteiger partial charge in [-0.15, -0.1) is 0 Å². The van der Waals surface area contributed by atoms with Crippen LogP contribution in [0.1, 0.15) is 43.7 Å². The lowest BCUT2D eigenvalue weighted by atomic mass is 10.0. The number of fused-ring (bicyclic) bond motifs is 1. The Morgan fingerprint density at radius 2 is 1.48 bits per heavy atom. The Balaban J connectivity index is 1.63. The first kappa shape index (κ1) is 21.1. The largest absolute Gasteiger partial charge is 0.457 e. The number of nitrogens with zero attached hydrogens (tertiary/aromatic N) is 2. The predicted molar refractivity (Wildman–Crippen MR) is 125 cm³/mol. The Bertz CT molecular complexity index is 1250. The zero-order valence-corrected chi connectivity index (χ0v) is 19.0. The fraction of sp³-hybridized carbons (Fsp3) is 0.231. The normalized spacial score (nSPS) is 11.1. The maximum absolute atomic E-state index is 12.8. The van der Waals surface area contributed by atoms with Gasteiger partial charge in [0.25, 0.3) is 0 Å². The number of aryl methyl sites for hydroxylation is 4. The molecule has 0 aliphatic rings. The van der Waals surface area contributed by atoms with Crippen LogP contribution < -0.4 is 0 Å². The molecule has 0 saturated heterocycles. The lowest BCUT2D eigenvalue weighted by Gasteiger charge is -2.12. The SMILES string of the molecule is Cc1cccc(C)c1COC(=O)c1ccc2c(Cl)nn(Cc3c(C)cccc3C)c2c1. The van der Waals surface area contributed by atoms with Gasteiger partial charge in [0.05, 0.1) is 17.6 Å². The minimum absolute atomic E-state index is 0.248. The summed E-state index contributed by atoms with van der Waals surface area (Å²) in [5.41, 5.74) is 8.16. The third-order valence-corrected chi connectivity index (χ3v) is 6.17. The van der Waals surface area contributed by atoms with Gasteiger partial charge in [0, 0.05) is 5.39 Å². The van der Waals surface area contributed by atoms with E-state index in [4.69, 9.17) is 16.3 Å². The van der Waals surface area contributed by atoms with E-state index in [9.17, 15) is 4.79 Å². The fourth-order valence-electron chi connectivity index (χ4n) is 3.93. The van der Waals surface area contributed by atoms with Crippen LogP contribution in [0.25, 0.3) is 10.9 Å². The van der Waals surface area contributed by atoms with Crippen LogP contribution in [0.2, 0.25) is 5.15 Å². The van der Waals surface area contributed by atoms with Gasteiger partial charge in [-0.25, -0.2) is 4.79 Å². The summed E-state index contributed by atoms with van der Waals surface area (Å²) >= 11 is 6.38. The number of carbonyl (C=O) groups excluding carboxylic acids is 1. The zero-order valence-electron chi connectivity index (χ0n) is 18.2. The molecule has 0 amide bonds. The molecule has 1 heterocycles. The van der Waals surface area contributed by atoms with Gasteiger partial charge in [0.2, 0.25) is 0 Å². The maximum Gasteiger partial charge on any atom is 0.338 e. The summed E-state index contributed by atoms with van der Waals surface area (Å²) in [5, 5.41) is 5.76. The quantitative estimate of drug-likeness (QED) is 0.346. The number of hydrogen-bond donors (Lipinski definition) is 0. The van der Waals surface area contributed by atoms with Gasteiger partial charge >= 0.3 is 5.97 Å². The van der Waals surface area contributed by atoms with E-state index in [-0.39, 0.29) is 12.6 Å². The van der Waals surface area contributed by atoms with Gasteiger partial charge in [0.15, 0.2) is 5.15 Å². The van der Waals surface area contributed by atoms with E-state index in [1.54, 1.807) is 6.07 Å². The molecule has 158 valence electrons. The minimum Gasteiger partial charge on any atom is -0.457 e. The molecule has 0 unspecified atom stereocenters. The molecule has 4 nitrogen and oxygen atoms in total. The van der Waals surface area contributed by atoms with E-state index in [1.165, 1.54) is 16.7 Å². The first-order valence-corrected chi connectivity index (χ1v) is 10.7. The molecule has 0 N–H and O–H groups in total. The van der Waals surface area contributed by atoms with Crippen molar-refractivity contribution in [2.24, 2.45) is 0 Å². The second kappa shape index (κ2) is 8.56. The maximum atomic E-state index is 12.8. The Kier molecular flexibility index (Phi) is 5.84. The summed E-state index contributed by atoms with van der Waals surface area (Å²) in [6, 6.07) is 17.7. The molecule has 0 spiro atoms. The van der Waals surface area contributed by atoms with Gasteiger partial charge in [-0.3, -0.25) is 4.68 Å². The Morgan fingerprint density at radius 3 is 2.10 bits per heavy atom. The van der Waals surface area contributed by atoms with E-state index >= 15 is 0 Å². The molecule has 0 bridgehead atoms. The van der Waals surface area contributed by atoms with Crippen molar-refractivity contribution < 1.29 is 9.53 Å². The number of aromatic nitrogens is 2. The average molecular weight is 433 g/mol. The number of hydrogen-bond acceptors (Lipinski definition) is 3. The fourth-order valence-corrected chi connectivity index (χ4v) is 4.18. The predicted octanol–water partition coefficient (Wildman–Crippen LogP) is 6.33. The summed E-state index contributed by atoms with van der Waals surface area (Å²) in [7, 11) is 0. The van der Waals surface area contributed by atoms with Gasteiger partial charge in [-0.2, -0.15) is 5.10 Å². The summed E-state index contributed by atoms with van der Waals surface area (Å²) in [6.07, 6.45) is 0. The standard InChI is InChI=1S/C26H25ClN2O2/c1-16-7-5-8-17(2)22(16)14-29-24-13-20(11-12-21(24)25(27)28-29)26(30)31-15-23-18(3)9-6-10-19(23)4/h5-13H,14-15H2,1-4H3. The number of rotatable bonds is 5. The topological polar surface area (TPSA) is 44.1 Å². The highest BCUT2D eigenvalue weighted by Gasteiger charge is 2.16. The molecule has 0 aliphatic carbocycles. The van der Waals surface area contributed by atoms with Gasteiger partial charge in [-0.1, -0.05) is 48.0 Å². The van der Waals surface area contributed by atoms with Crippen molar-refractivity contribution >= 4 is 28.5 Å². The van der Waals surface area contributed by atoms with Crippen molar-refractivity contribution in [1.82, 2.24) is 9.78 Å². The van der Waals surface area contributed by atoms with Crippen molar-refractivity contribution in [1.29, 1.82) is 0 Å². The molecule has 4 aromatic rings. The molecule has 1 aromatic heterocycles. The Hall–Kier alpha value is -3.11. The van der Waals surface area contributed by atoms with Crippen molar-refractivity contribution in [3.63, 3.8) is 0 Å². The van der Waals surface area contributed by atoms with Crippen molar-refractivity contribution in [2.75, 3.05) is 0 Å². The molecule has 0 saturated carbocycles. The van der Waals surface area contributed by atoms with Crippen LogP contribution in [0.15, 0.2) is 54.6 Å². The van der Waals surface area contributed by atoms with Crippen molar-refractivity contribution in [3.05, 3.63) is 98.7 Å². The summed E-state index contributed by atoms with van der Waals surface area (Å²) < 4.78 is 7.48. The summed E-state index contributed by atoms with van der Waals surface area (Å²) in [4.78, 5) is 12.8. The van der Waals surface area contributed by atoms with Crippen LogP contribution in [0.5, 0.6) is 0 Å². The third kappa shape index (κ3) is 4.21. The van der Waals surface area contributed by atoms with Crippen molar-refractivity contribution in [2.45, 2.75) is 40.8 Å². The van der Waals surface area contributed by atoms with Gasteiger partial charge in [0.1, 0.15) is 6.61 Å². The number of halogens is 1. The van der Waals surface area contributed by atoms with E-state index < -0.39 is 0 Å².